The topological polar surface area (TPSA) is 64.9 Å². The van der Waals surface area contributed by atoms with E-state index in [0.29, 0.717) is 17.7 Å². The quantitative estimate of drug-likeness (QED) is 0.810. The third-order valence-corrected chi connectivity index (χ3v) is 3.20. The number of rotatable bonds is 2. The highest BCUT2D eigenvalue weighted by Crippen LogP contribution is 2.38. The van der Waals surface area contributed by atoms with E-state index in [1.54, 1.807) is 0 Å². The Morgan fingerprint density at radius 1 is 1.40 bits per heavy atom. The number of aromatic nitrogens is 2. The average Bonchev–Trinajstić information content (AvgIpc) is 2.69. The third kappa shape index (κ3) is 2.04. The van der Waals surface area contributed by atoms with Crippen LogP contribution in [0.3, 0.4) is 0 Å². The van der Waals surface area contributed by atoms with E-state index >= 15 is 0 Å². The van der Waals surface area contributed by atoms with Crippen LogP contribution in [0.5, 0.6) is 0 Å². The first-order valence-electron chi connectivity index (χ1n) is 5.61. The summed E-state index contributed by atoms with van der Waals surface area (Å²) in [7, 11) is 0. The van der Waals surface area contributed by atoms with Gasteiger partial charge >= 0.3 is 0 Å². The zero-order valence-electron chi connectivity index (χ0n) is 9.66. The van der Waals surface area contributed by atoms with Crippen molar-refractivity contribution >= 4 is 0 Å². The van der Waals surface area contributed by atoms with E-state index in [0.717, 1.165) is 12.3 Å². The summed E-state index contributed by atoms with van der Waals surface area (Å²) in [5, 5.41) is 3.96. The van der Waals surface area contributed by atoms with Crippen LogP contribution >= 0.6 is 0 Å². The summed E-state index contributed by atoms with van der Waals surface area (Å²) in [6.07, 6.45) is 3.68. The van der Waals surface area contributed by atoms with E-state index in [-0.39, 0.29) is 0 Å². The molecule has 84 valence electrons. The first kappa shape index (κ1) is 10.6. The lowest BCUT2D eigenvalue weighted by Crippen LogP contribution is -2.30. The highest BCUT2D eigenvalue weighted by Gasteiger charge is 2.31. The van der Waals surface area contributed by atoms with Crippen LogP contribution < -0.4 is 5.73 Å². The van der Waals surface area contributed by atoms with Crippen molar-refractivity contribution in [3.63, 3.8) is 0 Å². The van der Waals surface area contributed by atoms with Gasteiger partial charge in [0.2, 0.25) is 5.89 Å². The van der Waals surface area contributed by atoms with E-state index < -0.39 is 5.54 Å². The van der Waals surface area contributed by atoms with Gasteiger partial charge in [0, 0.05) is 5.92 Å². The molecule has 0 aliphatic heterocycles. The molecule has 15 heavy (non-hydrogen) atoms. The molecule has 2 N–H and O–H groups in total. The van der Waals surface area contributed by atoms with Crippen molar-refractivity contribution in [2.75, 3.05) is 0 Å². The van der Waals surface area contributed by atoms with Gasteiger partial charge in [-0.25, -0.2) is 0 Å². The van der Waals surface area contributed by atoms with Crippen molar-refractivity contribution in [2.24, 2.45) is 11.7 Å². The van der Waals surface area contributed by atoms with E-state index in [1.165, 1.54) is 12.8 Å². The van der Waals surface area contributed by atoms with Crippen molar-refractivity contribution in [1.29, 1.82) is 0 Å². The molecule has 2 rings (SSSR count). The van der Waals surface area contributed by atoms with Gasteiger partial charge in [-0.05, 0) is 32.6 Å². The molecule has 2 unspecified atom stereocenters. The minimum Gasteiger partial charge on any atom is -0.339 e. The maximum absolute atomic E-state index is 5.92. The predicted octanol–water partition coefficient (Wildman–Crippen LogP) is 2.17. The Balaban J connectivity index is 2.20. The molecule has 0 saturated heterocycles. The van der Waals surface area contributed by atoms with Gasteiger partial charge in [-0.1, -0.05) is 18.5 Å². The van der Waals surface area contributed by atoms with E-state index in [2.05, 4.69) is 17.1 Å². The molecule has 0 amide bonds. The molecule has 0 aromatic carbocycles. The van der Waals surface area contributed by atoms with E-state index in [1.807, 2.05) is 13.8 Å². The molecule has 0 radical (unpaired) electrons. The Morgan fingerprint density at radius 3 is 2.60 bits per heavy atom. The van der Waals surface area contributed by atoms with Gasteiger partial charge in [0.25, 0.3) is 0 Å². The lowest BCUT2D eigenvalue weighted by Gasteiger charge is -2.12. The second-order valence-electron chi connectivity index (χ2n) is 5.19. The molecule has 1 aromatic rings. The summed E-state index contributed by atoms with van der Waals surface area (Å²) < 4.78 is 5.30. The van der Waals surface area contributed by atoms with Crippen molar-refractivity contribution in [3.8, 4) is 0 Å². The minimum absolute atomic E-state index is 0.439. The maximum Gasteiger partial charge on any atom is 0.230 e. The molecule has 1 aromatic heterocycles. The van der Waals surface area contributed by atoms with Crippen LogP contribution in [0.2, 0.25) is 0 Å². The average molecular weight is 209 g/mol. The zero-order valence-corrected chi connectivity index (χ0v) is 9.66. The van der Waals surface area contributed by atoms with Crippen LogP contribution in [0.15, 0.2) is 4.52 Å². The zero-order chi connectivity index (χ0) is 11.1. The fraction of sp³-hybridized carbons (Fsp3) is 0.818. The fourth-order valence-electron chi connectivity index (χ4n) is 2.16. The van der Waals surface area contributed by atoms with Crippen molar-refractivity contribution < 1.29 is 4.52 Å². The molecule has 1 saturated carbocycles. The molecule has 1 heterocycles. The van der Waals surface area contributed by atoms with E-state index in [9.17, 15) is 0 Å². The first-order valence-corrected chi connectivity index (χ1v) is 5.61. The first-order chi connectivity index (χ1) is 6.98. The Bertz CT molecular complexity index is 340. The molecule has 0 spiro atoms. The fourth-order valence-corrected chi connectivity index (χ4v) is 2.16. The number of hydrogen-bond acceptors (Lipinski definition) is 4. The number of nitrogens with two attached hydrogens (primary N) is 1. The molecule has 1 fully saturated rings. The second kappa shape index (κ2) is 3.59. The Kier molecular flexibility index (Phi) is 2.54. The van der Waals surface area contributed by atoms with Gasteiger partial charge < -0.3 is 10.3 Å². The maximum atomic E-state index is 5.92. The van der Waals surface area contributed by atoms with Crippen molar-refractivity contribution in [2.45, 2.75) is 51.5 Å². The SMILES string of the molecule is CC1CCCC1c1nc(C(C)(C)N)no1. The lowest BCUT2D eigenvalue weighted by molar-refractivity contribution is 0.323. The van der Waals surface area contributed by atoms with Crippen LogP contribution in [0, 0.1) is 5.92 Å². The monoisotopic (exact) mass is 209 g/mol. The van der Waals surface area contributed by atoms with Crippen LogP contribution in [-0.2, 0) is 5.54 Å². The summed E-state index contributed by atoms with van der Waals surface area (Å²) in [6, 6.07) is 0. The number of nitrogens with zero attached hydrogens (tertiary/aromatic N) is 2. The molecule has 0 bridgehead atoms. The summed E-state index contributed by atoms with van der Waals surface area (Å²) >= 11 is 0. The van der Waals surface area contributed by atoms with Crippen LogP contribution in [0.4, 0.5) is 0 Å². The van der Waals surface area contributed by atoms with Crippen molar-refractivity contribution in [1.82, 2.24) is 10.1 Å². The Labute approximate surface area is 90.2 Å². The summed E-state index contributed by atoms with van der Waals surface area (Å²) in [6.45, 7) is 6.02. The lowest BCUT2D eigenvalue weighted by atomic mass is 9.98. The Hall–Kier alpha value is -0.900. The van der Waals surface area contributed by atoms with Gasteiger partial charge in [0.15, 0.2) is 5.82 Å². The molecule has 2 atom stereocenters. The normalized spacial score (nSPS) is 27.2. The van der Waals surface area contributed by atoms with Crippen LogP contribution in [0.25, 0.3) is 0 Å². The smallest absolute Gasteiger partial charge is 0.230 e. The molecule has 4 heteroatoms. The highest BCUT2D eigenvalue weighted by molar-refractivity contribution is 5.04. The Morgan fingerprint density at radius 2 is 2.13 bits per heavy atom. The summed E-state index contributed by atoms with van der Waals surface area (Å²) in [5.74, 6) is 2.47. The second-order valence-corrected chi connectivity index (χ2v) is 5.19. The summed E-state index contributed by atoms with van der Waals surface area (Å²) in [4.78, 5) is 4.41. The van der Waals surface area contributed by atoms with Crippen LogP contribution in [0.1, 0.15) is 57.7 Å². The number of hydrogen-bond donors (Lipinski definition) is 1. The standard InChI is InChI=1S/C11H19N3O/c1-7-5-4-6-8(7)9-13-10(14-15-9)11(2,3)12/h7-8H,4-6,12H2,1-3H3. The van der Waals surface area contributed by atoms with Crippen LogP contribution in [-0.4, -0.2) is 10.1 Å². The largest absolute Gasteiger partial charge is 0.339 e. The molecule has 4 nitrogen and oxygen atoms in total. The molecular weight excluding hydrogens is 190 g/mol. The van der Waals surface area contributed by atoms with Gasteiger partial charge in [0.1, 0.15) is 0 Å². The van der Waals surface area contributed by atoms with Gasteiger partial charge in [0.05, 0.1) is 5.54 Å². The van der Waals surface area contributed by atoms with Gasteiger partial charge in [-0.2, -0.15) is 4.98 Å². The van der Waals surface area contributed by atoms with E-state index in [4.69, 9.17) is 10.3 Å². The van der Waals surface area contributed by atoms with Gasteiger partial charge in [-0.15, -0.1) is 0 Å². The molecular formula is C11H19N3O. The van der Waals surface area contributed by atoms with Gasteiger partial charge in [-0.3, -0.25) is 0 Å². The third-order valence-electron chi connectivity index (χ3n) is 3.20. The molecule has 1 aliphatic rings. The predicted molar refractivity (Wildman–Crippen MR) is 57.3 cm³/mol. The summed E-state index contributed by atoms with van der Waals surface area (Å²) in [5.41, 5.74) is 5.41. The minimum atomic E-state index is -0.510. The van der Waals surface area contributed by atoms with Crippen molar-refractivity contribution in [3.05, 3.63) is 11.7 Å². The highest BCUT2D eigenvalue weighted by atomic mass is 16.5. The molecule has 1 aliphatic carbocycles.